The Balaban J connectivity index is 2.04. The lowest BCUT2D eigenvalue weighted by atomic mass is 9.96. The summed E-state index contributed by atoms with van der Waals surface area (Å²) in [7, 11) is 0. The number of primary amides is 1. The van der Waals surface area contributed by atoms with E-state index >= 15 is 0 Å². The van der Waals surface area contributed by atoms with Gasteiger partial charge in [-0.2, -0.15) is 0 Å². The maximum Gasteiger partial charge on any atom is 0.249 e. The molecule has 0 atom stereocenters. The van der Waals surface area contributed by atoms with Gasteiger partial charge < -0.3 is 16.5 Å². The molecule has 0 saturated heterocycles. The summed E-state index contributed by atoms with van der Waals surface area (Å²) in [5.74, 6) is -0.190. The molecule has 0 saturated carbocycles. The number of fused-ring (bicyclic) bond motifs is 2. The standard InChI is InChI=1S/C17H13N5O/c18-16-13-6-12(17(19)23)11(7-15(13)21-8-22-16)9-1-2-14-10(5-9)3-4-20-14/h1-8,20H,(H2,19,23)(H2,18,21,22). The number of rotatable bonds is 2. The van der Waals surface area contributed by atoms with Gasteiger partial charge in [-0.05, 0) is 46.8 Å². The molecule has 2 aromatic carbocycles. The number of aromatic nitrogens is 3. The van der Waals surface area contributed by atoms with E-state index in [1.54, 1.807) is 6.07 Å². The van der Waals surface area contributed by atoms with Crippen molar-refractivity contribution in [1.82, 2.24) is 15.0 Å². The fraction of sp³-hybridized carbons (Fsp3) is 0. The van der Waals surface area contributed by atoms with Crippen LogP contribution in [-0.2, 0) is 0 Å². The Hall–Kier alpha value is -3.41. The molecule has 0 unspecified atom stereocenters. The molecule has 2 heterocycles. The van der Waals surface area contributed by atoms with Gasteiger partial charge in [-0.3, -0.25) is 4.79 Å². The van der Waals surface area contributed by atoms with E-state index in [0.717, 1.165) is 22.0 Å². The SMILES string of the molecule is NC(=O)c1cc2c(N)ncnc2cc1-c1ccc2[nH]ccc2c1. The van der Waals surface area contributed by atoms with E-state index in [0.29, 0.717) is 22.3 Å². The van der Waals surface area contributed by atoms with Crippen LogP contribution in [0, 0.1) is 0 Å². The first-order valence-electron chi connectivity index (χ1n) is 7.05. The van der Waals surface area contributed by atoms with Crippen molar-refractivity contribution in [3.63, 3.8) is 0 Å². The summed E-state index contributed by atoms with van der Waals surface area (Å²) in [5.41, 5.74) is 15.1. The van der Waals surface area contributed by atoms with Crippen LogP contribution in [0.3, 0.4) is 0 Å². The lowest BCUT2D eigenvalue weighted by molar-refractivity contribution is 0.100. The van der Waals surface area contributed by atoms with Gasteiger partial charge in [-0.1, -0.05) is 6.07 Å². The number of carbonyl (C=O) groups excluding carboxylic acids is 1. The first-order chi connectivity index (χ1) is 11.1. The maximum atomic E-state index is 11.9. The third-order valence-electron chi connectivity index (χ3n) is 3.94. The summed E-state index contributed by atoms with van der Waals surface area (Å²) in [4.78, 5) is 23.2. The van der Waals surface area contributed by atoms with E-state index in [2.05, 4.69) is 15.0 Å². The van der Waals surface area contributed by atoms with Crippen molar-refractivity contribution in [3.8, 4) is 11.1 Å². The van der Waals surface area contributed by atoms with Crippen LogP contribution in [0.2, 0.25) is 0 Å². The monoisotopic (exact) mass is 303 g/mol. The van der Waals surface area contributed by atoms with Crippen LogP contribution in [0.5, 0.6) is 0 Å². The van der Waals surface area contributed by atoms with Gasteiger partial charge in [-0.25, -0.2) is 9.97 Å². The van der Waals surface area contributed by atoms with Crippen LogP contribution in [0.1, 0.15) is 10.4 Å². The molecule has 1 amide bonds. The molecule has 0 aliphatic heterocycles. The number of anilines is 1. The van der Waals surface area contributed by atoms with E-state index in [-0.39, 0.29) is 0 Å². The average molecular weight is 303 g/mol. The second kappa shape index (κ2) is 4.81. The van der Waals surface area contributed by atoms with Gasteiger partial charge in [0.15, 0.2) is 0 Å². The van der Waals surface area contributed by atoms with Crippen LogP contribution in [-0.4, -0.2) is 20.9 Å². The molecule has 0 aliphatic carbocycles. The highest BCUT2D eigenvalue weighted by atomic mass is 16.1. The largest absolute Gasteiger partial charge is 0.383 e. The Kier molecular flexibility index (Phi) is 2.77. The number of amides is 1. The molecular weight excluding hydrogens is 290 g/mol. The van der Waals surface area contributed by atoms with E-state index < -0.39 is 5.91 Å². The van der Waals surface area contributed by atoms with Gasteiger partial charge in [-0.15, -0.1) is 0 Å². The number of hydrogen-bond donors (Lipinski definition) is 3. The van der Waals surface area contributed by atoms with Gasteiger partial charge in [0.25, 0.3) is 0 Å². The smallest absolute Gasteiger partial charge is 0.249 e. The molecule has 4 rings (SSSR count). The molecule has 2 aromatic heterocycles. The lowest BCUT2D eigenvalue weighted by Gasteiger charge is -2.10. The second-order valence-corrected chi connectivity index (χ2v) is 5.32. The van der Waals surface area contributed by atoms with Gasteiger partial charge in [0, 0.05) is 22.7 Å². The Morgan fingerprint density at radius 3 is 2.78 bits per heavy atom. The number of aromatic amines is 1. The van der Waals surface area contributed by atoms with Crippen molar-refractivity contribution < 1.29 is 4.79 Å². The third-order valence-corrected chi connectivity index (χ3v) is 3.94. The highest BCUT2D eigenvalue weighted by molar-refractivity contribution is 6.06. The van der Waals surface area contributed by atoms with E-state index in [1.807, 2.05) is 36.5 Å². The normalized spacial score (nSPS) is 11.1. The van der Waals surface area contributed by atoms with Gasteiger partial charge in [0.1, 0.15) is 12.1 Å². The zero-order chi connectivity index (χ0) is 16.0. The molecule has 0 aliphatic rings. The quantitative estimate of drug-likeness (QED) is 0.528. The number of hydrogen-bond acceptors (Lipinski definition) is 4. The zero-order valence-electron chi connectivity index (χ0n) is 12.1. The Morgan fingerprint density at radius 2 is 1.96 bits per heavy atom. The third kappa shape index (κ3) is 2.08. The van der Waals surface area contributed by atoms with Crippen LogP contribution >= 0.6 is 0 Å². The summed E-state index contributed by atoms with van der Waals surface area (Å²) >= 11 is 0. The number of nitrogens with zero attached hydrogens (tertiary/aromatic N) is 2. The minimum Gasteiger partial charge on any atom is -0.383 e. The molecule has 112 valence electrons. The predicted octanol–water partition coefficient (Wildman–Crippen LogP) is 2.46. The number of benzene rings is 2. The van der Waals surface area contributed by atoms with Crippen molar-refractivity contribution in [1.29, 1.82) is 0 Å². The predicted molar refractivity (Wildman–Crippen MR) is 89.8 cm³/mol. The summed E-state index contributed by atoms with van der Waals surface area (Å²) in [6.07, 6.45) is 3.28. The number of H-pyrrole nitrogens is 1. The molecule has 0 fully saturated rings. The first kappa shape index (κ1) is 13.3. The maximum absolute atomic E-state index is 11.9. The van der Waals surface area contributed by atoms with Crippen molar-refractivity contribution in [3.05, 3.63) is 54.5 Å². The first-order valence-corrected chi connectivity index (χ1v) is 7.05. The van der Waals surface area contributed by atoms with Crippen molar-refractivity contribution >= 4 is 33.5 Å². The van der Waals surface area contributed by atoms with Crippen molar-refractivity contribution in [2.45, 2.75) is 0 Å². The number of carbonyl (C=O) groups is 1. The highest BCUT2D eigenvalue weighted by Gasteiger charge is 2.14. The minimum absolute atomic E-state index is 0.324. The summed E-state index contributed by atoms with van der Waals surface area (Å²) in [6.45, 7) is 0. The van der Waals surface area contributed by atoms with E-state index in [4.69, 9.17) is 11.5 Å². The molecule has 6 heteroatoms. The van der Waals surface area contributed by atoms with Crippen LogP contribution < -0.4 is 11.5 Å². The Bertz CT molecular complexity index is 1070. The summed E-state index contributed by atoms with van der Waals surface area (Å²) in [6, 6.07) is 11.4. The molecule has 0 radical (unpaired) electrons. The van der Waals surface area contributed by atoms with E-state index in [1.165, 1.54) is 6.33 Å². The van der Waals surface area contributed by atoms with Crippen molar-refractivity contribution in [2.75, 3.05) is 5.73 Å². The number of nitrogens with two attached hydrogens (primary N) is 2. The van der Waals surface area contributed by atoms with Gasteiger partial charge >= 0.3 is 0 Å². The molecule has 0 bridgehead atoms. The Labute approximate surface area is 131 Å². The van der Waals surface area contributed by atoms with Crippen LogP contribution in [0.15, 0.2) is 48.9 Å². The fourth-order valence-electron chi connectivity index (χ4n) is 2.79. The number of nitrogens with one attached hydrogen (secondary N) is 1. The number of nitrogen functional groups attached to an aromatic ring is 1. The molecule has 5 N–H and O–H groups in total. The summed E-state index contributed by atoms with van der Waals surface area (Å²) in [5, 5.41) is 1.67. The molecule has 0 spiro atoms. The van der Waals surface area contributed by atoms with Gasteiger partial charge in [0.2, 0.25) is 5.91 Å². The summed E-state index contributed by atoms with van der Waals surface area (Å²) < 4.78 is 0. The lowest BCUT2D eigenvalue weighted by Crippen LogP contribution is -2.13. The fourth-order valence-corrected chi connectivity index (χ4v) is 2.79. The topological polar surface area (TPSA) is 111 Å². The van der Waals surface area contributed by atoms with E-state index in [9.17, 15) is 4.79 Å². The Morgan fingerprint density at radius 1 is 1.09 bits per heavy atom. The average Bonchev–Trinajstić information content (AvgIpc) is 3.01. The molecule has 23 heavy (non-hydrogen) atoms. The van der Waals surface area contributed by atoms with Crippen molar-refractivity contribution in [2.24, 2.45) is 5.73 Å². The minimum atomic E-state index is -0.515. The zero-order valence-corrected chi connectivity index (χ0v) is 12.1. The molecule has 4 aromatic rings. The van der Waals surface area contributed by atoms with Crippen LogP contribution in [0.4, 0.5) is 5.82 Å². The van der Waals surface area contributed by atoms with Gasteiger partial charge in [0.05, 0.1) is 5.52 Å². The highest BCUT2D eigenvalue weighted by Crippen LogP contribution is 2.31. The molecule has 6 nitrogen and oxygen atoms in total. The molecular formula is C17H13N5O. The second-order valence-electron chi connectivity index (χ2n) is 5.32. The van der Waals surface area contributed by atoms with Crippen LogP contribution in [0.25, 0.3) is 32.9 Å².